The van der Waals surface area contributed by atoms with Crippen molar-refractivity contribution in [2.75, 3.05) is 26.6 Å². The van der Waals surface area contributed by atoms with Gasteiger partial charge >= 0.3 is 0 Å². The number of rotatable bonds is 6. The first-order valence-corrected chi connectivity index (χ1v) is 7.34. The Morgan fingerprint density at radius 2 is 1.64 bits per heavy atom. The number of benzene rings is 2. The van der Waals surface area contributed by atoms with E-state index in [1.165, 1.54) is 33.5 Å². The number of anilines is 1. The normalized spacial score (nSPS) is 10.1. The molecule has 2 rings (SSSR count). The van der Waals surface area contributed by atoms with Crippen LogP contribution < -0.4 is 19.5 Å². The minimum absolute atomic E-state index is 0.145. The van der Waals surface area contributed by atoms with E-state index in [9.17, 15) is 14.9 Å². The Morgan fingerprint density at radius 1 is 1.04 bits per heavy atom. The second-order valence-corrected chi connectivity index (χ2v) is 5.22. The van der Waals surface area contributed by atoms with Gasteiger partial charge in [0.15, 0.2) is 11.5 Å². The molecular weight excluding hydrogens is 352 g/mol. The van der Waals surface area contributed by atoms with Gasteiger partial charge in [0.05, 0.1) is 38.0 Å². The molecule has 0 aliphatic rings. The molecule has 0 aromatic heterocycles. The molecule has 0 bridgehead atoms. The number of amides is 1. The molecule has 0 aliphatic heterocycles. The van der Waals surface area contributed by atoms with Gasteiger partial charge in [0.25, 0.3) is 11.6 Å². The summed E-state index contributed by atoms with van der Waals surface area (Å²) in [5.74, 6) is -0.0171. The summed E-state index contributed by atoms with van der Waals surface area (Å²) in [6.07, 6.45) is 0. The maximum Gasteiger partial charge on any atom is 0.286 e. The van der Waals surface area contributed by atoms with Crippen LogP contribution in [0.5, 0.6) is 17.2 Å². The number of methoxy groups -OCH3 is 3. The SMILES string of the molecule is COc1ccc(Cl)cc1NC(=O)c1cc(OC)c(OC)cc1[N+](=O)[O-]. The Hall–Kier alpha value is -3.00. The molecule has 1 N–H and O–H groups in total. The number of ether oxygens (including phenoxy) is 3. The standard InChI is InChI=1S/C16H15ClN2O6/c1-23-13-5-4-9(17)6-11(13)18-16(20)10-7-14(24-2)15(25-3)8-12(10)19(21)22/h4-8H,1-3H3,(H,18,20). The van der Waals surface area contributed by atoms with Gasteiger partial charge in [0.1, 0.15) is 11.3 Å². The zero-order valence-electron chi connectivity index (χ0n) is 13.7. The highest BCUT2D eigenvalue weighted by atomic mass is 35.5. The van der Waals surface area contributed by atoms with Gasteiger partial charge < -0.3 is 19.5 Å². The number of nitro benzene ring substituents is 1. The molecule has 0 radical (unpaired) electrons. The van der Waals surface area contributed by atoms with Crippen LogP contribution >= 0.6 is 11.6 Å². The van der Waals surface area contributed by atoms with Crippen molar-refractivity contribution in [3.8, 4) is 17.2 Å². The summed E-state index contributed by atoms with van der Waals surface area (Å²) in [6, 6.07) is 7.01. The fourth-order valence-electron chi connectivity index (χ4n) is 2.17. The smallest absolute Gasteiger partial charge is 0.286 e. The fraction of sp³-hybridized carbons (Fsp3) is 0.188. The number of carbonyl (C=O) groups excluding carboxylic acids is 1. The molecule has 0 unspecified atom stereocenters. The lowest BCUT2D eigenvalue weighted by molar-refractivity contribution is -0.385. The van der Waals surface area contributed by atoms with Crippen molar-refractivity contribution in [1.29, 1.82) is 0 Å². The Kier molecular flexibility index (Phi) is 5.66. The summed E-state index contributed by atoms with van der Waals surface area (Å²) in [4.78, 5) is 23.2. The van der Waals surface area contributed by atoms with Crippen LogP contribution in [0.25, 0.3) is 0 Å². The molecule has 1 amide bonds. The Morgan fingerprint density at radius 3 is 2.20 bits per heavy atom. The van der Waals surface area contributed by atoms with Crippen LogP contribution in [0.4, 0.5) is 11.4 Å². The van der Waals surface area contributed by atoms with Gasteiger partial charge in [-0.3, -0.25) is 14.9 Å². The topological polar surface area (TPSA) is 99.9 Å². The molecule has 0 spiro atoms. The quantitative estimate of drug-likeness (QED) is 0.620. The van der Waals surface area contributed by atoms with Gasteiger partial charge in [-0.25, -0.2) is 0 Å². The van der Waals surface area contributed by atoms with Crippen molar-refractivity contribution in [2.45, 2.75) is 0 Å². The molecule has 0 saturated heterocycles. The molecule has 0 aliphatic carbocycles. The fourth-order valence-corrected chi connectivity index (χ4v) is 2.34. The molecule has 0 heterocycles. The Balaban J connectivity index is 2.48. The van der Waals surface area contributed by atoms with Crippen molar-refractivity contribution in [3.63, 3.8) is 0 Å². The lowest BCUT2D eigenvalue weighted by Crippen LogP contribution is -2.15. The zero-order valence-corrected chi connectivity index (χ0v) is 14.4. The average molecular weight is 367 g/mol. The Bertz CT molecular complexity index is 825. The van der Waals surface area contributed by atoms with E-state index in [0.717, 1.165) is 6.07 Å². The molecular formula is C16H15ClN2O6. The summed E-state index contributed by atoms with van der Waals surface area (Å²) in [5.41, 5.74) is -0.329. The van der Waals surface area contributed by atoms with Crippen molar-refractivity contribution < 1.29 is 23.9 Å². The molecule has 9 heteroatoms. The summed E-state index contributed by atoms with van der Waals surface area (Å²) in [7, 11) is 4.14. The van der Waals surface area contributed by atoms with Crippen LogP contribution in [0.1, 0.15) is 10.4 Å². The summed E-state index contributed by atoms with van der Waals surface area (Å²) in [6.45, 7) is 0. The average Bonchev–Trinajstić information content (AvgIpc) is 2.60. The van der Waals surface area contributed by atoms with Crippen molar-refractivity contribution >= 4 is 28.9 Å². The number of hydrogen-bond acceptors (Lipinski definition) is 6. The van der Waals surface area contributed by atoms with E-state index in [-0.39, 0.29) is 22.7 Å². The third kappa shape index (κ3) is 3.92. The van der Waals surface area contributed by atoms with E-state index in [0.29, 0.717) is 10.8 Å². The van der Waals surface area contributed by atoms with Gasteiger partial charge in [-0.05, 0) is 18.2 Å². The predicted molar refractivity (Wildman–Crippen MR) is 92.2 cm³/mol. The number of halogens is 1. The van der Waals surface area contributed by atoms with E-state index in [2.05, 4.69) is 5.32 Å². The van der Waals surface area contributed by atoms with Crippen LogP contribution in [0.2, 0.25) is 5.02 Å². The van der Waals surface area contributed by atoms with Crippen LogP contribution in [0.3, 0.4) is 0 Å². The first kappa shape index (κ1) is 18.3. The highest BCUT2D eigenvalue weighted by molar-refractivity contribution is 6.31. The van der Waals surface area contributed by atoms with E-state index >= 15 is 0 Å². The molecule has 0 atom stereocenters. The molecule has 25 heavy (non-hydrogen) atoms. The van der Waals surface area contributed by atoms with Crippen molar-refractivity contribution in [2.24, 2.45) is 0 Å². The number of nitrogens with one attached hydrogen (secondary N) is 1. The molecule has 132 valence electrons. The Labute approximate surface area is 148 Å². The van der Waals surface area contributed by atoms with Crippen LogP contribution in [0.15, 0.2) is 30.3 Å². The zero-order chi connectivity index (χ0) is 18.6. The molecule has 2 aromatic rings. The van der Waals surface area contributed by atoms with Gasteiger partial charge in [-0.15, -0.1) is 0 Å². The van der Waals surface area contributed by atoms with Gasteiger partial charge in [-0.2, -0.15) is 0 Å². The number of hydrogen-bond donors (Lipinski definition) is 1. The van der Waals surface area contributed by atoms with Crippen LogP contribution in [-0.4, -0.2) is 32.2 Å². The number of nitro groups is 1. The van der Waals surface area contributed by atoms with E-state index < -0.39 is 16.5 Å². The first-order chi connectivity index (χ1) is 11.9. The highest BCUT2D eigenvalue weighted by Crippen LogP contribution is 2.35. The molecule has 0 saturated carbocycles. The monoisotopic (exact) mass is 366 g/mol. The third-order valence-electron chi connectivity index (χ3n) is 3.35. The lowest BCUT2D eigenvalue weighted by atomic mass is 10.1. The van der Waals surface area contributed by atoms with Crippen molar-refractivity contribution in [3.05, 3.63) is 51.0 Å². The number of carbonyl (C=O) groups is 1. The summed E-state index contributed by atoms with van der Waals surface area (Å²) in [5, 5.41) is 14.2. The molecule has 0 fully saturated rings. The second kappa shape index (κ2) is 7.71. The van der Waals surface area contributed by atoms with Gasteiger partial charge in [0.2, 0.25) is 0 Å². The van der Waals surface area contributed by atoms with Gasteiger partial charge in [0, 0.05) is 11.1 Å². The van der Waals surface area contributed by atoms with Crippen molar-refractivity contribution in [1.82, 2.24) is 0 Å². The minimum Gasteiger partial charge on any atom is -0.495 e. The second-order valence-electron chi connectivity index (χ2n) is 4.78. The molecule has 2 aromatic carbocycles. The largest absolute Gasteiger partial charge is 0.495 e. The van der Waals surface area contributed by atoms with E-state index in [4.69, 9.17) is 25.8 Å². The number of nitrogens with zero attached hydrogens (tertiary/aromatic N) is 1. The highest BCUT2D eigenvalue weighted by Gasteiger charge is 2.25. The van der Waals surface area contributed by atoms with E-state index in [1.807, 2.05) is 0 Å². The maximum atomic E-state index is 12.6. The summed E-state index contributed by atoms with van der Waals surface area (Å²) < 4.78 is 15.3. The minimum atomic E-state index is -0.715. The van der Waals surface area contributed by atoms with Crippen LogP contribution in [0, 0.1) is 10.1 Å². The third-order valence-corrected chi connectivity index (χ3v) is 3.59. The van der Waals surface area contributed by atoms with E-state index in [1.54, 1.807) is 12.1 Å². The van der Waals surface area contributed by atoms with Gasteiger partial charge in [-0.1, -0.05) is 11.6 Å². The summed E-state index contributed by atoms with van der Waals surface area (Å²) >= 11 is 5.92. The predicted octanol–water partition coefficient (Wildman–Crippen LogP) is 3.53. The first-order valence-electron chi connectivity index (χ1n) is 6.96. The molecule has 8 nitrogen and oxygen atoms in total. The maximum absolute atomic E-state index is 12.6. The lowest BCUT2D eigenvalue weighted by Gasteiger charge is -2.13. The van der Waals surface area contributed by atoms with Crippen LogP contribution in [-0.2, 0) is 0 Å².